The third-order valence-corrected chi connectivity index (χ3v) is 5.94. The summed E-state index contributed by atoms with van der Waals surface area (Å²) in [6, 6.07) is 5.08. The number of ether oxygens (including phenoxy) is 2. The summed E-state index contributed by atoms with van der Waals surface area (Å²) in [7, 11) is -1.90. The molecule has 136 valence electrons. The van der Waals surface area contributed by atoms with Gasteiger partial charge in [0.2, 0.25) is 10.0 Å². The number of benzene rings is 1. The molecule has 1 aromatic rings. The highest BCUT2D eigenvalue weighted by atomic mass is 35.5. The third kappa shape index (κ3) is 4.21. The summed E-state index contributed by atoms with van der Waals surface area (Å²) in [4.78, 5) is 0.298. The molecule has 2 N–H and O–H groups in total. The molecule has 1 saturated heterocycles. The molecule has 1 atom stereocenters. The fourth-order valence-electron chi connectivity index (χ4n) is 3.29. The van der Waals surface area contributed by atoms with Crippen LogP contribution < -0.4 is 14.8 Å². The van der Waals surface area contributed by atoms with E-state index in [1.165, 1.54) is 0 Å². The minimum Gasteiger partial charge on any atom is -0.493 e. The number of nitrogens with one attached hydrogen (secondary N) is 2. The van der Waals surface area contributed by atoms with E-state index in [9.17, 15) is 8.42 Å². The Bertz CT molecular complexity index is 660. The Labute approximate surface area is 149 Å². The zero-order valence-corrected chi connectivity index (χ0v) is 15.5. The van der Waals surface area contributed by atoms with Gasteiger partial charge in [-0.15, -0.1) is 12.4 Å². The van der Waals surface area contributed by atoms with E-state index in [4.69, 9.17) is 9.47 Å². The number of hydrogen-bond donors (Lipinski definition) is 2. The summed E-state index contributed by atoms with van der Waals surface area (Å²) in [6.45, 7) is 2.41. The summed E-state index contributed by atoms with van der Waals surface area (Å²) in [5.41, 5.74) is 0.656. The van der Waals surface area contributed by atoms with Crippen LogP contribution in [-0.2, 0) is 21.2 Å². The lowest BCUT2D eigenvalue weighted by atomic mass is 9.99. The van der Waals surface area contributed by atoms with Gasteiger partial charge >= 0.3 is 0 Å². The van der Waals surface area contributed by atoms with Crippen LogP contribution in [0.15, 0.2) is 23.1 Å². The molecule has 8 heteroatoms. The lowest BCUT2D eigenvalue weighted by Crippen LogP contribution is -2.52. The van der Waals surface area contributed by atoms with Crippen molar-refractivity contribution >= 4 is 22.4 Å². The molecule has 3 rings (SSSR count). The Balaban J connectivity index is 0.00000208. The van der Waals surface area contributed by atoms with Gasteiger partial charge in [-0.3, -0.25) is 0 Å². The van der Waals surface area contributed by atoms with Crippen LogP contribution in [-0.4, -0.2) is 47.4 Å². The highest BCUT2D eigenvalue weighted by molar-refractivity contribution is 7.89. The second kappa shape index (κ2) is 8.01. The highest BCUT2D eigenvalue weighted by Gasteiger charge is 2.34. The summed E-state index contributed by atoms with van der Waals surface area (Å²) in [5.74, 6) is 0.795. The molecule has 2 heterocycles. The first-order valence-corrected chi connectivity index (χ1v) is 9.52. The van der Waals surface area contributed by atoms with Crippen LogP contribution in [0.1, 0.15) is 24.8 Å². The lowest BCUT2D eigenvalue weighted by Gasteiger charge is -2.29. The Hall–Kier alpha value is -0.860. The normalized spacial score (nSPS) is 23.2. The molecule has 1 unspecified atom stereocenters. The summed E-state index contributed by atoms with van der Waals surface area (Å²) in [6.07, 6.45) is 3.71. The molecule has 0 amide bonds. The van der Waals surface area contributed by atoms with Gasteiger partial charge in [-0.2, -0.15) is 0 Å². The maximum Gasteiger partial charge on any atom is 0.240 e. The first-order chi connectivity index (χ1) is 11.0. The van der Waals surface area contributed by atoms with E-state index in [1.54, 1.807) is 25.3 Å². The largest absolute Gasteiger partial charge is 0.493 e. The van der Waals surface area contributed by atoms with Crippen molar-refractivity contribution in [3.63, 3.8) is 0 Å². The van der Waals surface area contributed by atoms with Gasteiger partial charge < -0.3 is 14.8 Å². The SMILES string of the molecule is COCC1(CNS(=O)(=O)c2ccc3c(c2)CCCO3)CCCN1.Cl. The average Bonchev–Trinajstić information content (AvgIpc) is 3.02. The summed E-state index contributed by atoms with van der Waals surface area (Å²) < 4.78 is 38.7. The van der Waals surface area contributed by atoms with Crippen LogP contribution in [0.5, 0.6) is 5.75 Å². The van der Waals surface area contributed by atoms with Crippen LogP contribution in [0, 0.1) is 0 Å². The fourth-order valence-corrected chi connectivity index (χ4v) is 4.47. The summed E-state index contributed by atoms with van der Waals surface area (Å²) >= 11 is 0. The number of aryl methyl sites for hydroxylation is 1. The van der Waals surface area contributed by atoms with E-state index in [0.29, 0.717) is 24.7 Å². The Morgan fingerprint density at radius 3 is 2.92 bits per heavy atom. The van der Waals surface area contributed by atoms with E-state index in [-0.39, 0.29) is 17.9 Å². The molecule has 2 aliphatic heterocycles. The maximum atomic E-state index is 12.6. The van der Waals surface area contributed by atoms with Gasteiger partial charge in [0.05, 0.1) is 23.6 Å². The average molecular weight is 377 g/mol. The highest BCUT2D eigenvalue weighted by Crippen LogP contribution is 2.27. The van der Waals surface area contributed by atoms with Crippen molar-refractivity contribution in [3.05, 3.63) is 23.8 Å². The van der Waals surface area contributed by atoms with E-state index >= 15 is 0 Å². The van der Waals surface area contributed by atoms with E-state index in [0.717, 1.165) is 43.5 Å². The van der Waals surface area contributed by atoms with Gasteiger partial charge in [0.15, 0.2) is 0 Å². The zero-order valence-electron chi connectivity index (χ0n) is 13.8. The van der Waals surface area contributed by atoms with Gasteiger partial charge in [-0.1, -0.05) is 0 Å². The van der Waals surface area contributed by atoms with E-state index in [2.05, 4.69) is 10.0 Å². The zero-order chi connectivity index (χ0) is 16.3. The first-order valence-electron chi connectivity index (χ1n) is 8.04. The molecule has 0 bridgehead atoms. The monoisotopic (exact) mass is 376 g/mol. The van der Waals surface area contributed by atoms with E-state index in [1.807, 2.05) is 0 Å². The van der Waals surface area contributed by atoms with Crippen molar-refractivity contribution in [1.29, 1.82) is 0 Å². The van der Waals surface area contributed by atoms with Crippen molar-refractivity contribution in [2.24, 2.45) is 0 Å². The minimum atomic E-state index is -3.54. The smallest absolute Gasteiger partial charge is 0.240 e. The van der Waals surface area contributed by atoms with Gasteiger partial charge in [-0.05, 0) is 56.0 Å². The van der Waals surface area contributed by atoms with Crippen molar-refractivity contribution in [2.45, 2.75) is 36.1 Å². The molecule has 0 aromatic heterocycles. The topological polar surface area (TPSA) is 76.7 Å². The maximum absolute atomic E-state index is 12.6. The molecule has 0 aliphatic carbocycles. The molecule has 1 fully saturated rings. The molecule has 0 saturated carbocycles. The lowest BCUT2D eigenvalue weighted by molar-refractivity contribution is 0.122. The predicted molar refractivity (Wildman–Crippen MR) is 94.5 cm³/mol. The number of rotatable bonds is 6. The quantitative estimate of drug-likeness (QED) is 0.786. The van der Waals surface area contributed by atoms with Crippen molar-refractivity contribution in [2.75, 3.05) is 33.4 Å². The standard InChI is InChI=1S/C16H24N2O4S.ClH/c1-21-12-16(7-3-8-17-16)11-18-23(19,20)14-5-6-15-13(10-14)4-2-9-22-15;/h5-6,10,17-18H,2-4,7-9,11-12H2,1H3;1H. The number of hydrogen-bond acceptors (Lipinski definition) is 5. The molecule has 6 nitrogen and oxygen atoms in total. The van der Waals surface area contributed by atoms with Crippen LogP contribution in [0.3, 0.4) is 0 Å². The van der Waals surface area contributed by atoms with Crippen molar-refractivity contribution < 1.29 is 17.9 Å². The number of fused-ring (bicyclic) bond motifs is 1. The minimum absolute atomic E-state index is 0. The molecular weight excluding hydrogens is 352 g/mol. The fraction of sp³-hybridized carbons (Fsp3) is 0.625. The van der Waals surface area contributed by atoms with Gasteiger partial charge in [0, 0.05) is 13.7 Å². The second-order valence-corrected chi connectivity index (χ2v) is 8.06. The van der Waals surface area contributed by atoms with Gasteiger partial charge in [-0.25, -0.2) is 13.1 Å². The molecule has 0 radical (unpaired) electrons. The van der Waals surface area contributed by atoms with Crippen molar-refractivity contribution in [1.82, 2.24) is 10.0 Å². The first kappa shape index (κ1) is 19.5. The van der Waals surface area contributed by atoms with Crippen LogP contribution in [0.4, 0.5) is 0 Å². The molecular formula is C16H25ClN2O4S. The molecule has 1 aromatic carbocycles. The molecule has 24 heavy (non-hydrogen) atoms. The van der Waals surface area contributed by atoms with Crippen LogP contribution in [0.2, 0.25) is 0 Å². The molecule has 0 spiro atoms. The number of methoxy groups -OCH3 is 1. The number of sulfonamides is 1. The predicted octanol–water partition coefficient (Wildman–Crippen LogP) is 1.48. The van der Waals surface area contributed by atoms with Crippen molar-refractivity contribution in [3.8, 4) is 5.75 Å². The van der Waals surface area contributed by atoms with Gasteiger partial charge in [0.25, 0.3) is 0 Å². The van der Waals surface area contributed by atoms with E-state index < -0.39 is 10.0 Å². The Morgan fingerprint density at radius 2 is 2.21 bits per heavy atom. The number of halogens is 1. The third-order valence-electron chi connectivity index (χ3n) is 4.54. The Morgan fingerprint density at radius 1 is 1.38 bits per heavy atom. The summed E-state index contributed by atoms with van der Waals surface area (Å²) in [5, 5.41) is 3.37. The van der Waals surface area contributed by atoms with Crippen LogP contribution >= 0.6 is 12.4 Å². The van der Waals surface area contributed by atoms with Crippen LogP contribution in [0.25, 0.3) is 0 Å². The molecule has 2 aliphatic rings. The van der Waals surface area contributed by atoms with Gasteiger partial charge in [0.1, 0.15) is 5.75 Å². The second-order valence-electron chi connectivity index (χ2n) is 6.29. The Kier molecular flexibility index (Phi) is 6.50.